The van der Waals surface area contributed by atoms with Gasteiger partial charge >= 0.3 is 0 Å². The molecule has 2 fully saturated rings. The average Bonchev–Trinajstić information content (AvgIpc) is 2.82. The van der Waals surface area contributed by atoms with Crippen LogP contribution < -0.4 is 0 Å². The molecule has 0 spiro atoms. The van der Waals surface area contributed by atoms with E-state index in [0.29, 0.717) is 12.0 Å². The number of rotatable bonds is 5. The van der Waals surface area contributed by atoms with Gasteiger partial charge in [-0.1, -0.05) is 19.3 Å². The Morgan fingerprint density at radius 1 is 1.18 bits per heavy atom. The van der Waals surface area contributed by atoms with E-state index in [1.165, 1.54) is 44.9 Å². The van der Waals surface area contributed by atoms with E-state index in [1.54, 1.807) is 0 Å². The van der Waals surface area contributed by atoms with E-state index in [9.17, 15) is 5.11 Å². The van der Waals surface area contributed by atoms with Gasteiger partial charge in [-0.05, 0) is 38.6 Å². The van der Waals surface area contributed by atoms with Crippen LogP contribution in [0.3, 0.4) is 0 Å². The van der Waals surface area contributed by atoms with Crippen molar-refractivity contribution in [1.82, 2.24) is 4.90 Å². The minimum atomic E-state index is -0.137. The van der Waals surface area contributed by atoms with Gasteiger partial charge in [0.1, 0.15) is 0 Å². The minimum absolute atomic E-state index is 0.137. The Balaban J connectivity index is 1.67. The molecule has 2 aliphatic rings. The van der Waals surface area contributed by atoms with Gasteiger partial charge in [0.15, 0.2) is 0 Å². The second-order valence-corrected chi connectivity index (χ2v) is 5.82. The number of hydrogen-bond donors (Lipinski definition) is 1. The summed E-state index contributed by atoms with van der Waals surface area (Å²) in [6.07, 6.45) is 9.04. The number of likely N-dealkylation sites (N-methyl/N-ethyl adjacent to an activating group) is 1. The zero-order valence-electron chi connectivity index (χ0n) is 11.1. The molecule has 0 bridgehead atoms. The molecule has 3 nitrogen and oxygen atoms in total. The summed E-state index contributed by atoms with van der Waals surface area (Å²) in [7, 11) is 2.10. The molecule has 1 N–H and O–H groups in total. The first-order chi connectivity index (χ1) is 8.25. The SMILES string of the molecule is CN(CC1CCCO1)CC(O)C1CCCCC1. The number of aliphatic hydroxyl groups excluding tert-OH is 1. The van der Waals surface area contributed by atoms with Crippen molar-refractivity contribution in [3.8, 4) is 0 Å². The molecule has 1 aliphatic carbocycles. The van der Waals surface area contributed by atoms with Gasteiger partial charge < -0.3 is 14.7 Å². The predicted octanol–water partition coefficient (Wildman–Crippen LogP) is 2.04. The second kappa shape index (κ2) is 6.72. The fourth-order valence-electron chi connectivity index (χ4n) is 3.20. The Morgan fingerprint density at radius 3 is 2.59 bits per heavy atom. The van der Waals surface area contributed by atoms with Gasteiger partial charge in [0.2, 0.25) is 0 Å². The van der Waals surface area contributed by atoms with Crippen molar-refractivity contribution >= 4 is 0 Å². The molecule has 100 valence electrons. The van der Waals surface area contributed by atoms with Gasteiger partial charge in [-0.15, -0.1) is 0 Å². The molecular weight excluding hydrogens is 214 g/mol. The van der Waals surface area contributed by atoms with Crippen molar-refractivity contribution in [2.24, 2.45) is 5.92 Å². The first-order valence-corrected chi connectivity index (χ1v) is 7.24. The first kappa shape index (κ1) is 13.3. The highest BCUT2D eigenvalue weighted by molar-refractivity contribution is 4.77. The quantitative estimate of drug-likeness (QED) is 0.799. The van der Waals surface area contributed by atoms with Crippen LogP contribution in [0.15, 0.2) is 0 Å². The van der Waals surface area contributed by atoms with Crippen molar-refractivity contribution in [3.05, 3.63) is 0 Å². The molecule has 1 saturated carbocycles. The standard InChI is InChI=1S/C14H27NO2/c1-15(10-13-8-5-9-17-13)11-14(16)12-6-3-2-4-7-12/h12-14,16H,2-11H2,1H3. The summed E-state index contributed by atoms with van der Waals surface area (Å²) >= 11 is 0. The highest BCUT2D eigenvalue weighted by Crippen LogP contribution is 2.26. The normalized spacial score (nSPS) is 28.8. The lowest BCUT2D eigenvalue weighted by Crippen LogP contribution is -2.38. The van der Waals surface area contributed by atoms with Crippen LogP contribution in [0.1, 0.15) is 44.9 Å². The van der Waals surface area contributed by atoms with Gasteiger partial charge in [0, 0.05) is 19.7 Å². The van der Waals surface area contributed by atoms with Crippen molar-refractivity contribution in [2.45, 2.75) is 57.2 Å². The third-order valence-corrected chi connectivity index (χ3v) is 4.23. The van der Waals surface area contributed by atoms with E-state index >= 15 is 0 Å². The Labute approximate surface area is 105 Å². The van der Waals surface area contributed by atoms with E-state index in [2.05, 4.69) is 11.9 Å². The van der Waals surface area contributed by atoms with Gasteiger partial charge in [0.05, 0.1) is 12.2 Å². The number of ether oxygens (including phenoxy) is 1. The second-order valence-electron chi connectivity index (χ2n) is 5.82. The topological polar surface area (TPSA) is 32.7 Å². The summed E-state index contributed by atoms with van der Waals surface area (Å²) in [5.74, 6) is 0.538. The molecular formula is C14H27NO2. The summed E-state index contributed by atoms with van der Waals surface area (Å²) in [6, 6.07) is 0. The number of hydrogen-bond acceptors (Lipinski definition) is 3. The van der Waals surface area contributed by atoms with E-state index in [-0.39, 0.29) is 6.10 Å². The van der Waals surface area contributed by atoms with Gasteiger partial charge in [-0.2, -0.15) is 0 Å². The molecule has 1 saturated heterocycles. The largest absolute Gasteiger partial charge is 0.392 e. The third-order valence-electron chi connectivity index (χ3n) is 4.23. The molecule has 2 unspecified atom stereocenters. The highest BCUT2D eigenvalue weighted by Gasteiger charge is 2.24. The van der Waals surface area contributed by atoms with Crippen LogP contribution in [0.4, 0.5) is 0 Å². The predicted molar refractivity (Wildman–Crippen MR) is 69.1 cm³/mol. The zero-order valence-corrected chi connectivity index (χ0v) is 11.1. The third kappa shape index (κ3) is 4.23. The molecule has 2 atom stereocenters. The van der Waals surface area contributed by atoms with Crippen LogP contribution in [0.25, 0.3) is 0 Å². The maximum Gasteiger partial charge on any atom is 0.0702 e. The maximum absolute atomic E-state index is 10.2. The average molecular weight is 241 g/mol. The molecule has 2 rings (SSSR count). The van der Waals surface area contributed by atoms with Crippen LogP contribution in [-0.4, -0.2) is 49.0 Å². The van der Waals surface area contributed by atoms with Crippen molar-refractivity contribution in [1.29, 1.82) is 0 Å². The van der Waals surface area contributed by atoms with Crippen molar-refractivity contribution < 1.29 is 9.84 Å². The molecule has 0 radical (unpaired) electrons. The number of nitrogens with zero attached hydrogens (tertiary/aromatic N) is 1. The lowest BCUT2D eigenvalue weighted by Gasteiger charge is -2.30. The van der Waals surface area contributed by atoms with E-state index in [0.717, 1.165) is 19.7 Å². The van der Waals surface area contributed by atoms with Crippen LogP contribution in [-0.2, 0) is 4.74 Å². The van der Waals surface area contributed by atoms with Crippen LogP contribution >= 0.6 is 0 Å². The van der Waals surface area contributed by atoms with E-state index in [1.807, 2.05) is 0 Å². The minimum Gasteiger partial charge on any atom is -0.392 e. The zero-order chi connectivity index (χ0) is 12.1. The fourth-order valence-corrected chi connectivity index (χ4v) is 3.20. The molecule has 0 aromatic heterocycles. The Bertz CT molecular complexity index is 210. The van der Waals surface area contributed by atoms with Crippen molar-refractivity contribution in [3.63, 3.8) is 0 Å². The van der Waals surface area contributed by atoms with E-state index in [4.69, 9.17) is 4.74 Å². The van der Waals surface area contributed by atoms with Crippen LogP contribution in [0.5, 0.6) is 0 Å². The number of aliphatic hydroxyl groups is 1. The van der Waals surface area contributed by atoms with Gasteiger partial charge in [0.25, 0.3) is 0 Å². The smallest absolute Gasteiger partial charge is 0.0702 e. The molecule has 0 amide bonds. The lowest BCUT2D eigenvalue weighted by molar-refractivity contribution is 0.0314. The summed E-state index contributed by atoms with van der Waals surface area (Å²) in [4.78, 5) is 2.25. The Kier molecular flexibility index (Phi) is 5.26. The van der Waals surface area contributed by atoms with Crippen LogP contribution in [0.2, 0.25) is 0 Å². The van der Waals surface area contributed by atoms with E-state index < -0.39 is 0 Å². The first-order valence-electron chi connectivity index (χ1n) is 7.24. The summed E-state index contributed by atoms with van der Waals surface area (Å²) in [5.41, 5.74) is 0. The lowest BCUT2D eigenvalue weighted by atomic mass is 9.85. The maximum atomic E-state index is 10.2. The molecule has 0 aromatic carbocycles. The Morgan fingerprint density at radius 2 is 1.94 bits per heavy atom. The summed E-state index contributed by atoms with van der Waals surface area (Å²) < 4.78 is 5.63. The molecule has 17 heavy (non-hydrogen) atoms. The Hall–Kier alpha value is -0.120. The summed E-state index contributed by atoms with van der Waals surface area (Å²) in [5, 5.41) is 10.2. The molecule has 3 heteroatoms. The molecule has 0 aromatic rings. The fraction of sp³-hybridized carbons (Fsp3) is 1.00. The van der Waals surface area contributed by atoms with Crippen LogP contribution in [0, 0.1) is 5.92 Å². The van der Waals surface area contributed by atoms with Crippen molar-refractivity contribution in [2.75, 3.05) is 26.7 Å². The van der Waals surface area contributed by atoms with Gasteiger partial charge in [-0.25, -0.2) is 0 Å². The monoisotopic (exact) mass is 241 g/mol. The molecule has 1 aliphatic heterocycles. The highest BCUT2D eigenvalue weighted by atomic mass is 16.5. The summed E-state index contributed by atoms with van der Waals surface area (Å²) in [6.45, 7) is 2.71. The van der Waals surface area contributed by atoms with Gasteiger partial charge in [-0.3, -0.25) is 0 Å². The molecule has 1 heterocycles.